The highest BCUT2D eigenvalue weighted by Crippen LogP contribution is 2.44. The number of anilines is 1. The normalized spacial score (nSPS) is 18.8. The summed E-state index contributed by atoms with van der Waals surface area (Å²) in [5, 5.41) is 3.31. The number of nitrogens with zero attached hydrogens (tertiary/aromatic N) is 1. The monoisotopic (exact) mass is 424 g/mol. The Kier molecular flexibility index (Phi) is 5.21. The molecule has 0 atom stereocenters. The highest BCUT2D eigenvalue weighted by Gasteiger charge is 2.44. The first-order chi connectivity index (χ1) is 13.7. The smallest absolute Gasteiger partial charge is 0.416 e. The Balaban J connectivity index is 1.39. The molecule has 0 saturated carbocycles. The molecule has 1 amide bonds. The number of benzene rings is 2. The third kappa shape index (κ3) is 4.21. The maximum atomic E-state index is 12.7. The standard InChI is InChI=1S/C21H20ClF3N2O2/c22-16-5-6-18-17(13-16)20(29-19(28)26-18)8-11-27(12-9-20)10-7-14-1-3-15(4-2-14)21(23,24)25/h1-6,13H,7-12H2,(H,26,28). The van der Waals surface area contributed by atoms with Crippen LogP contribution in [0.3, 0.4) is 0 Å². The lowest BCUT2D eigenvalue weighted by Gasteiger charge is -2.44. The molecule has 2 heterocycles. The zero-order valence-corrected chi connectivity index (χ0v) is 16.3. The Morgan fingerprint density at radius 1 is 1.10 bits per heavy atom. The quantitative estimate of drug-likeness (QED) is 0.711. The van der Waals surface area contributed by atoms with Gasteiger partial charge in [-0.1, -0.05) is 23.7 Å². The molecule has 2 aliphatic heterocycles. The molecule has 2 aliphatic rings. The highest BCUT2D eigenvalue weighted by molar-refractivity contribution is 6.30. The molecular formula is C21H20ClF3N2O2. The summed E-state index contributed by atoms with van der Waals surface area (Å²) in [6, 6.07) is 10.7. The van der Waals surface area contributed by atoms with Crippen LogP contribution in [0, 0.1) is 0 Å². The number of carbonyl (C=O) groups excluding carboxylic acids is 1. The van der Waals surface area contributed by atoms with Crippen molar-refractivity contribution in [3.63, 3.8) is 0 Å². The molecule has 4 rings (SSSR count). The van der Waals surface area contributed by atoms with Crippen molar-refractivity contribution >= 4 is 23.4 Å². The Morgan fingerprint density at radius 2 is 1.79 bits per heavy atom. The number of piperidine rings is 1. The van der Waals surface area contributed by atoms with Crippen molar-refractivity contribution in [2.24, 2.45) is 0 Å². The number of nitrogens with one attached hydrogen (secondary N) is 1. The van der Waals surface area contributed by atoms with Crippen LogP contribution in [0.2, 0.25) is 5.02 Å². The van der Waals surface area contributed by atoms with E-state index in [9.17, 15) is 18.0 Å². The number of halogens is 4. The van der Waals surface area contributed by atoms with Crippen molar-refractivity contribution in [2.45, 2.75) is 31.0 Å². The van der Waals surface area contributed by atoms with Gasteiger partial charge in [-0.3, -0.25) is 5.32 Å². The van der Waals surface area contributed by atoms with Crippen LogP contribution in [-0.2, 0) is 22.9 Å². The molecule has 0 aromatic heterocycles. The molecule has 0 unspecified atom stereocenters. The highest BCUT2D eigenvalue weighted by atomic mass is 35.5. The number of hydrogen-bond acceptors (Lipinski definition) is 3. The molecule has 1 spiro atoms. The first-order valence-corrected chi connectivity index (χ1v) is 9.82. The molecule has 2 aromatic carbocycles. The van der Waals surface area contributed by atoms with Crippen LogP contribution in [0.4, 0.5) is 23.7 Å². The zero-order chi connectivity index (χ0) is 20.6. The van der Waals surface area contributed by atoms with Crippen LogP contribution in [0.15, 0.2) is 42.5 Å². The van der Waals surface area contributed by atoms with E-state index in [-0.39, 0.29) is 0 Å². The third-order valence-corrected chi connectivity index (χ3v) is 5.89. The lowest BCUT2D eigenvalue weighted by Crippen LogP contribution is -2.48. The predicted molar refractivity (Wildman–Crippen MR) is 104 cm³/mol. The summed E-state index contributed by atoms with van der Waals surface area (Å²) in [6.45, 7) is 2.18. The van der Waals surface area contributed by atoms with Crippen molar-refractivity contribution in [3.05, 3.63) is 64.2 Å². The number of amides is 1. The predicted octanol–water partition coefficient (Wildman–Crippen LogP) is 5.45. The lowest BCUT2D eigenvalue weighted by atomic mass is 9.82. The van der Waals surface area contributed by atoms with E-state index in [1.165, 1.54) is 12.1 Å². The van der Waals surface area contributed by atoms with Crippen molar-refractivity contribution in [3.8, 4) is 0 Å². The lowest BCUT2D eigenvalue weighted by molar-refractivity contribution is -0.137. The van der Waals surface area contributed by atoms with Gasteiger partial charge in [-0.15, -0.1) is 0 Å². The first kappa shape index (κ1) is 20.0. The molecule has 0 radical (unpaired) electrons. The zero-order valence-electron chi connectivity index (χ0n) is 15.6. The SMILES string of the molecule is O=C1Nc2ccc(Cl)cc2C2(CCN(CCc3ccc(C(F)(F)F)cc3)CC2)O1. The number of alkyl halides is 3. The average molecular weight is 425 g/mol. The fraction of sp³-hybridized carbons (Fsp3) is 0.381. The molecule has 29 heavy (non-hydrogen) atoms. The third-order valence-electron chi connectivity index (χ3n) is 5.66. The van der Waals surface area contributed by atoms with E-state index < -0.39 is 23.4 Å². The van der Waals surface area contributed by atoms with E-state index in [0.29, 0.717) is 24.3 Å². The van der Waals surface area contributed by atoms with Crippen molar-refractivity contribution < 1.29 is 22.7 Å². The van der Waals surface area contributed by atoms with Crippen molar-refractivity contribution in [1.82, 2.24) is 4.90 Å². The van der Waals surface area contributed by atoms with E-state index in [4.69, 9.17) is 16.3 Å². The second kappa shape index (κ2) is 7.54. The molecule has 1 N–H and O–H groups in total. The van der Waals surface area contributed by atoms with E-state index in [0.717, 1.165) is 48.6 Å². The molecular weight excluding hydrogens is 405 g/mol. The minimum Gasteiger partial charge on any atom is -0.438 e. The second-order valence-corrected chi connectivity index (χ2v) is 7.92. The average Bonchev–Trinajstić information content (AvgIpc) is 2.68. The topological polar surface area (TPSA) is 41.6 Å². The minimum absolute atomic E-state index is 0.460. The summed E-state index contributed by atoms with van der Waals surface area (Å²) < 4.78 is 43.7. The van der Waals surface area contributed by atoms with Crippen LogP contribution >= 0.6 is 11.6 Å². The summed E-state index contributed by atoms with van der Waals surface area (Å²) >= 11 is 6.15. The number of rotatable bonds is 3. The van der Waals surface area contributed by atoms with Crippen LogP contribution in [0.25, 0.3) is 0 Å². The largest absolute Gasteiger partial charge is 0.438 e. The van der Waals surface area contributed by atoms with Gasteiger partial charge in [0.1, 0.15) is 5.60 Å². The van der Waals surface area contributed by atoms with Crippen LogP contribution in [0.5, 0.6) is 0 Å². The van der Waals surface area contributed by atoms with Gasteiger partial charge in [0.2, 0.25) is 0 Å². The number of carbonyl (C=O) groups is 1. The number of fused-ring (bicyclic) bond motifs is 2. The molecule has 154 valence electrons. The maximum absolute atomic E-state index is 12.7. The van der Waals surface area contributed by atoms with Gasteiger partial charge in [0, 0.05) is 43.1 Å². The maximum Gasteiger partial charge on any atom is 0.416 e. The molecule has 8 heteroatoms. The van der Waals surface area contributed by atoms with E-state index >= 15 is 0 Å². The van der Waals surface area contributed by atoms with Gasteiger partial charge in [-0.25, -0.2) is 4.79 Å². The fourth-order valence-electron chi connectivity index (χ4n) is 4.03. The van der Waals surface area contributed by atoms with Gasteiger partial charge in [0.25, 0.3) is 0 Å². The molecule has 0 aliphatic carbocycles. The van der Waals surface area contributed by atoms with E-state index in [2.05, 4.69) is 10.2 Å². The number of likely N-dealkylation sites (tertiary alicyclic amines) is 1. The van der Waals surface area contributed by atoms with Crippen LogP contribution in [-0.4, -0.2) is 30.6 Å². The van der Waals surface area contributed by atoms with Gasteiger partial charge >= 0.3 is 12.3 Å². The molecule has 1 fully saturated rings. The van der Waals surface area contributed by atoms with Gasteiger partial charge in [0.05, 0.1) is 11.3 Å². The second-order valence-electron chi connectivity index (χ2n) is 7.49. The Hall–Kier alpha value is -2.25. The summed E-state index contributed by atoms with van der Waals surface area (Å²) in [6.07, 6.45) is -2.83. The number of ether oxygens (including phenoxy) is 1. The van der Waals surface area contributed by atoms with Gasteiger partial charge in [0.15, 0.2) is 0 Å². The van der Waals surface area contributed by atoms with Gasteiger partial charge in [-0.05, 0) is 42.3 Å². The summed E-state index contributed by atoms with van der Waals surface area (Å²) in [5.41, 5.74) is 1.17. The van der Waals surface area contributed by atoms with E-state index in [1.807, 2.05) is 6.07 Å². The molecule has 1 saturated heterocycles. The van der Waals surface area contributed by atoms with Crippen molar-refractivity contribution in [1.29, 1.82) is 0 Å². The van der Waals surface area contributed by atoms with Crippen LogP contribution < -0.4 is 5.32 Å². The first-order valence-electron chi connectivity index (χ1n) is 9.44. The van der Waals surface area contributed by atoms with Gasteiger partial charge in [-0.2, -0.15) is 13.2 Å². The van der Waals surface area contributed by atoms with E-state index in [1.54, 1.807) is 12.1 Å². The molecule has 4 nitrogen and oxygen atoms in total. The number of hydrogen-bond donors (Lipinski definition) is 1. The Bertz CT molecular complexity index is 907. The summed E-state index contributed by atoms with van der Waals surface area (Å²) in [5.74, 6) is 0. The molecule has 0 bridgehead atoms. The van der Waals surface area contributed by atoms with Crippen molar-refractivity contribution in [2.75, 3.05) is 25.0 Å². The van der Waals surface area contributed by atoms with Gasteiger partial charge < -0.3 is 9.64 Å². The molecule has 2 aromatic rings. The summed E-state index contributed by atoms with van der Waals surface area (Å²) in [4.78, 5) is 14.3. The van der Waals surface area contributed by atoms with Crippen LogP contribution in [0.1, 0.15) is 29.5 Å². The summed E-state index contributed by atoms with van der Waals surface area (Å²) in [7, 11) is 0. The minimum atomic E-state index is -4.31. The fourth-order valence-corrected chi connectivity index (χ4v) is 4.20. The Labute approximate surface area is 171 Å². The Morgan fingerprint density at radius 3 is 2.45 bits per heavy atom.